The lowest BCUT2D eigenvalue weighted by atomic mass is 10.1. The molecule has 0 aliphatic rings. The van der Waals surface area contributed by atoms with E-state index < -0.39 is 5.91 Å². The van der Waals surface area contributed by atoms with E-state index in [-0.39, 0.29) is 11.3 Å². The van der Waals surface area contributed by atoms with Gasteiger partial charge >= 0.3 is 0 Å². The van der Waals surface area contributed by atoms with E-state index >= 15 is 0 Å². The Hall–Kier alpha value is -2.74. The van der Waals surface area contributed by atoms with Gasteiger partial charge < -0.3 is 10.4 Å². The number of aromatic nitrogens is 3. The van der Waals surface area contributed by atoms with Crippen molar-refractivity contribution >= 4 is 38.4 Å². The van der Waals surface area contributed by atoms with Crippen LogP contribution < -0.4 is 10.6 Å². The zero-order chi connectivity index (χ0) is 16.9. The number of hydrogen-bond donors (Lipinski definition) is 3. The summed E-state index contributed by atoms with van der Waals surface area (Å²) in [6.07, 6.45) is 3.70. The van der Waals surface area contributed by atoms with Gasteiger partial charge in [0, 0.05) is 18.1 Å². The fourth-order valence-electron chi connectivity index (χ4n) is 2.19. The molecule has 0 aliphatic heterocycles. The van der Waals surface area contributed by atoms with E-state index in [1.54, 1.807) is 24.4 Å². The lowest BCUT2D eigenvalue weighted by Gasteiger charge is -2.06. The minimum atomic E-state index is -0.448. The maximum atomic E-state index is 12.4. The van der Waals surface area contributed by atoms with Gasteiger partial charge in [0.2, 0.25) is 10.3 Å². The summed E-state index contributed by atoms with van der Waals surface area (Å²) in [6.45, 7) is 2.93. The number of carbonyl (C=O) groups is 1. The number of fused-ring (bicyclic) bond motifs is 1. The average molecular weight is 343 g/mol. The number of rotatable bonds is 6. The first-order valence-corrected chi connectivity index (χ1v) is 8.46. The zero-order valence-corrected chi connectivity index (χ0v) is 13.9. The van der Waals surface area contributed by atoms with Gasteiger partial charge in [-0.15, -0.1) is 10.2 Å². The molecule has 1 aromatic carbocycles. The molecule has 0 fully saturated rings. The predicted molar refractivity (Wildman–Crippen MR) is 94.7 cm³/mol. The first-order chi connectivity index (χ1) is 11.7. The van der Waals surface area contributed by atoms with E-state index in [9.17, 15) is 9.90 Å². The molecule has 1 amide bonds. The van der Waals surface area contributed by atoms with E-state index in [4.69, 9.17) is 0 Å². The summed E-state index contributed by atoms with van der Waals surface area (Å²) in [7, 11) is 0. The summed E-state index contributed by atoms with van der Waals surface area (Å²) < 4.78 is 0. The van der Waals surface area contributed by atoms with E-state index in [0.29, 0.717) is 15.8 Å². The molecule has 0 radical (unpaired) electrons. The maximum absolute atomic E-state index is 12.4. The number of benzene rings is 1. The predicted octanol–water partition coefficient (Wildman–Crippen LogP) is 3.26. The molecule has 0 spiro atoms. The van der Waals surface area contributed by atoms with Gasteiger partial charge in [-0.25, -0.2) is 0 Å². The number of phenols is 1. The van der Waals surface area contributed by atoms with Crippen molar-refractivity contribution in [3.63, 3.8) is 0 Å². The van der Waals surface area contributed by atoms with Crippen LogP contribution in [0.3, 0.4) is 0 Å². The van der Waals surface area contributed by atoms with Gasteiger partial charge in [0.05, 0.1) is 5.56 Å². The fraction of sp³-hybridized carbons (Fsp3) is 0.250. The quantitative estimate of drug-likeness (QED) is 0.594. The van der Waals surface area contributed by atoms with Crippen LogP contribution in [0.25, 0.3) is 10.9 Å². The summed E-state index contributed by atoms with van der Waals surface area (Å²) >= 11 is 1.25. The minimum absolute atomic E-state index is 0.142. The smallest absolute Gasteiger partial charge is 0.261 e. The molecule has 7 nitrogen and oxygen atoms in total. The number of nitrogens with zero attached hydrogens (tertiary/aromatic N) is 3. The van der Waals surface area contributed by atoms with Crippen LogP contribution in [-0.2, 0) is 0 Å². The fourth-order valence-corrected chi connectivity index (χ4v) is 2.86. The molecule has 0 saturated heterocycles. The van der Waals surface area contributed by atoms with Crippen LogP contribution in [0, 0.1) is 0 Å². The zero-order valence-electron chi connectivity index (χ0n) is 13.1. The molecule has 0 atom stereocenters. The van der Waals surface area contributed by atoms with Crippen molar-refractivity contribution in [2.45, 2.75) is 19.8 Å². The van der Waals surface area contributed by atoms with Crippen molar-refractivity contribution in [1.29, 1.82) is 0 Å². The highest BCUT2D eigenvalue weighted by atomic mass is 32.1. The number of aromatic hydroxyl groups is 1. The molecule has 3 N–H and O–H groups in total. The van der Waals surface area contributed by atoms with Gasteiger partial charge in [0.25, 0.3) is 5.91 Å². The Morgan fingerprint density at radius 2 is 2.08 bits per heavy atom. The second kappa shape index (κ2) is 7.22. The summed E-state index contributed by atoms with van der Waals surface area (Å²) in [6, 6.07) is 6.91. The van der Waals surface area contributed by atoms with Crippen LogP contribution in [0.2, 0.25) is 0 Å². The normalized spacial score (nSPS) is 10.7. The van der Waals surface area contributed by atoms with Crippen LogP contribution in [0.4, 0.5) is 10.3 Å². The van der Waals surface area contributed by atoms with Crippen molar-refractivity contribution in [2.24, 2.45) is 0 Å². The van der Waals surface area contributed by atoms with Gasteiger partial charge in [0.15, 0.2) is 5.75 Å². The van der Waals surface area contributed by atoms with Crippen LogP contribution in [0.1, 0.15) is 30.1 Å². The number of nitrogens with one attached hydrogen (secondary N) is 2. The molecule has 0 unspecified atom stereocenters. The molecular weight excluding hydrogens is 326 g/mol. The summed E-state index contributed by atoms with van der Waals surface area (Å²) in [4.78, 5) is 16.5. The Labute approximate surface area is 142 Å². The third-order valence-corrected chi connectivity index (χ3v) is 4.24. The van der Waals surface area contributed by atoms with E-state index in [1.807, 2.05) is 6.07 Å². The number of carbonyl (C=O) groups excluding carboxylic acids is 1. The molecule has 8 heteroatoms. The minimum Gasteiger partial charge on any atom is -0.505 e. The molecule has 2 heterocycles. The summed E-state index contributed by atoms with van der Waals surface area (Å²) in [5.41, 5.74) is 0.543. The van der Waals surface area contributed by atoms with Gasteiger partial charge in [-0.05, 0) is 18.6 Å². The number of anilines is 2. The third kappa shape index (κ3) is 3.43. The Morgan fingerprint density at radius 1 is 1.25 bits per heavy atom. The largest absolute Gasteiger partial charge is 0.505 e. The molecular formula is C16H17N5O2S. The topological polar surface area (TPSA) is 100 Å². The third-order valence-electron chi connectivity index (χ3n) is 3.44. The molecule has 2 aromatic heterocycles. The first-order valence-electron chi connectivity index (χ1n) is 7.64. The Morgan fingerprint density at radius 3 is 2.92 bits per heavy atom. The highest BCUT2D eigenvalue weighted by Gasteiger charge is 2.16. The molecule has 124 valence electrons. The van der Waals surface area contributed by atoms with Gasteiger partial charge in [-0.2, -0.15) is 0 Å². The molecule has 0 bridgehead atoms. The number of pyridine rings is 1. The van der Waals surface area contributed by atoms with Crippen molar-refractivity contribution in [2.75, 3.05) is 17.2 Å². The second-order valence-electron chi connectivity index (χ2n) is 5.18. The monoisotopic (exact) mass is 343 g/mol. The molecule has 3 aromatic rings. The number of amides is 1. The Bertz CT molecular complexity index is 865. The van der Waals surface area contributed by atoms with Gasteiger partial charge in [-0.1, -0.05) is 36.8 Å². The van der Waals surface area contributed by atoms with Crippen LogP contribution in [0.15, 0.2) is 30.5 Å². The maximum Gasteiger partial charge on any atom is 0.261 e. The van der Waals surface area contributed by atoms with E-state index in [1.165, 1.54) is 11.3 Å². The van der Waals surface area contributed by atoms with Crippen LogP contribution >= 0.6 is 11.3 Å². The highest BCUT2D eigenvalue weighted by molar-refractivity contribution is 7.19. The van der Waals surface area contributed by atoms with Gasteiger partial charge in [-0.3, -0.25) is 15.1 Å². The lowest BCUT2D eigenvalue weighted by molar-refractivity contribution is 0.102. The highest BCUT2D eigenvalue weighted by Crippen LogP contribution is 2.28. The molecule has 24 heavy (non-hydrogen) atoms. The summed E-state index contributed by atoms with van der Waals surface area (Å²) in [5, 5.41) is 25.8. The standard InChI is InChI=1S/C16H17N5O2S/c1-2-3-8-18-15-20-21-16(24-15)19-14(23)11-7-6-10-5-4-9-17-12(10)13(11)22/h4-7,9,22H,2-3,8H2,1H3,(H,18,20)(H,19,21,23). The van der Waals surface area contributed by atoms with E-state index in [0.717, 1.165) is 24.8 Å². The molecule has 3 rings (SSSR count). The Kier molecular flexibility index (Phi) is 4.85. The number of hydrogen-bond acceptors (Lipinski definition) is 7. The van der Waals surface area contributed by atoms with Crippen LogP contribution in [0.5, 0.6) is 5.75 Å². The van der Waals surface area contributed by atoms with E-state index in [2.05, 4.69) is 32.7 Å². The molecule has 0 saturated carbocycles. The molecule has 0 aliphatic carbocycles. The SMILES string of the molecule is CCCCNc1nnc(NC(=O)c2ccc3cccnc3c2O)s1. The number of phenolic OH excluding ortho intramolecular Hbond substituents is 1. The summed E-state index contributed by atoms with van der Waals surface area (Å²) in [5.74, 6) is -0.590. The number of unbranched alkanes of at least 4 members (excludes halogenated alkanes) is 1. The van der Waals surface area contributed by atoms with Crippen molar-refractivity contribution in [3.05, 3.63) is 36.0 Å². The van der Waals surface area contributed by atoms with Gasteiger partial charge in [0.1, 0.15) is 5.52 Å². The Balaban J connectivity index is 1.74. The van der Waals surface area contributed by atoms with Crippen molar-refractivity contribution < 1.29 is 9.90 Å². The second-order valence-corrected chi connectivity index (χ2v) is 6.16. The lowest BCUT2D eigenvalue weighted by Crippen LogP contribution is -2.12. The average Bonchev–Trinajstić information content (AvgIpc) is 3.03. The van der Waals surface area contributed by atoms with Crippen molar-refractivity contribution in [3.8, 4) is 5.75 Å². The van der Waals surface area contributed by atoms with Crippen molar-refractivity contribution in [1.82, 2.24) is 15.2 Å². The first kappa shape index (κ1) is 16.1. The van der Waals surface area contributed by atoms with Crippen LogP contribution in [-0.4, -0.2) is 32.7 Å².